The summed E-state index contributed by atoms with van der Waals surface area (Å²) < 4.78 is 35.1. The Balaban J connectivity index is 4.04. The number of rotatable bonds is 11. The lowest BCUT2D eigenvalue weighted by molar-refractivity contribution is 0.0273. The van der Waals surface area contributed by atoms with Crippen LogP contribution in [0.15, 0.2) is 12.7 Å². The molecule has 0 aromatic rings. The van der Waals surface area contributed by atoms with Crippen LogP contribution in [-0.2, 0) is 14.9 Å². The lowest BCUT2D eigenvalue weighted by atomic mass is 10.3. The number of nitrogens with zero attached hydrogens (tertiary/aromatic N) is 1. The fraction of sp³-hybridized carbons (Fsp3) is 0.818. The van der Waals surface area contributed by atoms with E-state index in [0.717, 1.165) is 6.42 Å². The molecule has 0 heterocycles. The van der Waals surface area contributed by atoms with E-state index in [1.807, 2.05) is 6.92 Å². The SMILES string of the molecule is C=CCOCC(O)CN(CCC)CCS(=O)(=O)O. The molecule has 0 saturated heterocycles. The van der Waals surface area contributed by atoms with E-state index in [1.165, 1.54) is 0 Å². The van der Waals surface area contributed by atoms with Gasteiger partial charge in [-0.05, 0) is 13.0 Å². The zero-order valence-corrected chi connectivity index (χ0v) is 11.6. The summed E-state index contributed by atoms with van der Waals surface area (Å²) in [5, 5.41) is 9.69. The van der Waals surface area contributed by atoms with Gasteiger partial charge in [0.1, 0.15) is 0 Å². The van der Waals surface area contributed by atoms with Crippen LogP contribution in [0.2, 0.25) is 0 Å². The standard InChI is InChI=1S/C11H23NO5S/c1-3-5-12(6-8-18(14,15)16)9-11(13)10-17-7-4-2/h4,11,13H,2-3,5-10H2,1H3,(H,14,15,16). The van der Waals surface area contributed by atoms with E-state index >= 15 is 0 Å². The summed E-state index contributed by atoms with van der Waals surface area (Å²) in [7, 11) is -3.96. The van der Waals surface area contributed by atoms with Crippen LogP contribution in [0.25, 0.3) is 0 Å². The van der Waals surface area contributed by atoms with E-state index in [9.17, 15) is 13.5 Å². The van der Waals surface area contributed by atoms with Crippen molar-refractivity contribution < 1.29 is 22.8 Å². The summed E-state index contributed by atoms with van der Waals surface area (Å²) >= 11 is 0. The van der Waals surface area contributed by atoms with Crippen molar-refractivity contribution in [1.82, 2.24) is 4.90 Å². The maximum Gasteiger partial charge on any atom is 0.266 e. The third-order valence-electron chi connectivity index (χ3n) is 2.22. The highest BCUT2D eigenvalue weighted by Gasteiger charge is 2.14. The topological polar surface area (TPSA) is 87.1 Å². The molecular weight excluding hydrogens is 258 g/mol. The van der Waals surface area contributed by atoms with Gasteiger partial charge >= 0.3 is 0 Å². The number of hydrogen-bond acceptors (Lipinski definition) is 5. The van der Waals surface area contributed by atoms with Crippen molar-refractivity contribution in [3.05, 3.63) is 12.7 Å². The Morgan fingerprint density at radius 3 is 2.61 bits per heavy atom. The third kappa shape index (κ3) is 10.7. The molecule has 0 rings (SSSR count). The van der Waals surface area contributed by atoms with Crippen LogP contribution in [0.5, 0.6) is 0 Å². The first-order valence-electron chi connectivity index (χ1n) is 5.93. The molecule has 2 N–H and O–H groups in total. The zero-order chi connectivity index (χ0) is 14.0. The number of hydrogen-bond donors (Lipinski definition) is 2. The molecule has 0 aromatic heterocycles. The van der Waals surface area contributed by atoms with Crippen molar-refractivity contribution in [1.29, 1.82) is 0 Å². The molecule has 0 saturated carbocycles. The average molecular weight is 281 g/mol. The van der Waals surface area contributed by atoms with Gasteiger partial charge in [0.15, 0.2) is 0 Å². The molecule has 0 spiro atoms. The van der Waals surface area contributed by atoms with Gasteiger partial charge in [-0.15, -0.1) is 6.58 Å². The Bertz CT molecular complexity index is 317. The fourth-order valence-corrected chi connectivity index (χ4v) is 1.98. The first kappa shape index (κ1) is 17.5. The van der Waals surface area contributed by atoms with Crippen molar-refractivity contribution in [2.75, 3.05) is 38.6 Å². The molecule has 0 aromatic carbocycles. The summed E-state index contributed by atoms with van der Waals surface area (Å²) in [5.41, 5.74) is 0. The highest BCUT2D eigenvalue weighted by Crippen LogP contribution is 1.98. The molecule has 108 valence electrons. The molecule has 18 heavy (non-hydrogen) atoms. The van der Waals surface area contributed by atoms with Crippen LogP contribution < -0.4 is 0 Å². The second-order valence-corrected chi connectivity index (χ2v) is 5.64. The predicted octanol–water partition coefficient (Wildman–Crippen LogP) is 0.150. The van der Waals surface area contributed by atoms with E-state index < -0.39 is 16.2 Å². The Morgan fingerprint density at radius 2 is 2.11 bits per heavy atom. The normalized spacial score (nSPS) is 13.8. The van der Waals surface area contributed by atoms with E-state index in [1.54, 1.807) is 11.0 Å². The molecule has 1 atom stereocenters. The van der Waals surface area contributed by atoms with Gasteiger partial charge in [-0.1, -0.05) is 13.0 Å². The van der Waals surface area contributed by atoms with Crippen LogP contribution >= 0.6 is 0 Å². The zero-order valence-electron chi connectivity index (χ0n) is 10.8. The first-order valence-corrected chi connectivity index (χ1v) is 7.54. The van der Waals surface area contributed by atoms with Gasteiger partial charge < -0.3 is 9.84 Å². The van der Waals surface area contributed by atoms with Crippen LogP contribution in [0, 0.1) is 0 Å². The minimum atomic E-state index is -3.96. The molecule has 0 radical (unpaired) electrons. The monoisotopic (exact) mass is 281 g/mol. The lowest BCUT2D eigenvalue weighted by Crippen LogP contribution is -2.38. The maximum atomic E-state index is 10.7. The second kappa shape index (κ2) is 9.46. The van der Waals surface area contributed by atoms with Gasteiger partial charge in [0.25, 0.3) is 10.1 Å². The Hall–Kier alpha value is -0.470. The van der Waals surface area contributed by atoms with Gasteiger partial charge in [-0.2, -0.15) is 8.42 Å². The largest absolute Gasteiger partial charge is 0.389 e. The molecule has 1 unspecified atom stereocenters. The van der Waals surface area contributed by atoms with Crippen molar-refractivity contribution >= 4 is 10.1 Å². The highest BCUT2D eigenvalue weighted by molar-refractivity contribution is 7.85. The van der Waals surface area contributed by atoms with Crippen molar-refractivity contribution in [2.24, 2.45) is 0 Å². The van der Waals surface area contributed by atoms with E-state index in [-0.39, 0.29) is 18.9 Å². The summed E-state index contributed by atoms with van der Waals surface area (Å²) in [6.45, 7) is 7.18. The molecule has 0 fully saturated rings. The average Bonchev–Trinajstić information content (AvgIpc) is 2.25. The lowest BCUT2D eigenvalue weighted by Gasteiger charge is -2.23. The maximum absolute atomic E-state index is 10.7. The van der Waals surface area contributed by atoms with Crippen molar-refractivity contribution in [3.8, 4) is 0 Å². The molecule has 0 aliphatic carbocycles. The van der Waals surface area contributed by atoms with Gasteiger partial charge in [-0.3, -0.25) is 9.45 Å². The van der Waals surface area contributed by atoms with Crippen molar-refractivity contribution in [3.63, 3.8) is 0 Å². The van der Waals surface area contributed by atoms with Gasteiger partial charge in [-0.25, -0.2) is 0 Å². The summed E-state index contributed by atoms with van der Waals surface area (Å²) in [6, 6.07) is 0. The second-order valence-electron chi connectivity index (χ2n) is 4.07. The summed E-state index contributed by atoms with van der Waals surface area (Å²) in [4.78, 5) is 1.79. The number of ether oxygens (including phenoxy) is 1. The van der Waals surface area contributed by atoms with Gasteiger partial charge in [0.2, 0.25) is 0 Å². The first-order chi connectivity index (χ1) is 8.39. The molecule has 0 bridgehead atoms. The van der Waals surface area contributed by atoms with Crippen LogP contribution in [-0.4, -0.2) is 67.7 Å². The van der Waals surface area contributed by atoms with E-state index in [2.05, 4.69) is 6.58 Å². The molecule has 0 amide bonds. The minimum Gasteiger partial charge on any atom is -0.389 e. The smallest absolute Gasteiger partial charge is 0.266 e. The Kier molecular flexibility index (Phi) is 9.21. The third-order valence-corrected chi connectivity index (χ3v) is 2.92. The Labute approximate surface area is 109 Å². The molecule has 0 aliphatic heterocycles. The van der Waals surface area contributed by atoms with Crippen LogP contribution in [0.1, 0.15) is 13.3 Å². The van der Waals surface area contributed by atoms with E-state index in [4.69, 9.17) is 9.29 Å². The molecule has 7 heteroatoms. The number of aliphatic hydroxyl groups is 1. The Morgan fingerprint density at radius 1 is 1.44 bits per heavy atom. The van der Waals surface area contributed by atoms with Crippen LogP contribution in [0.4, 0.5) is 0 Å². The van der Waals surface area contributed by atoms with Crippen LogP contribution in [0.3, 0.4) is 0 Å². The van der Waals surface area contributed by atoms with Gasteiger partial charge in [0.05, 0.1) is 25.1 Å². The number of aliphatic hydroxyl groups excluding tert-OH is 1. The molecule has 0 aliphatic rings. The highest BCUT2D eigenvalue weighted by atomic mass is 32.2. The molecular formula is C11H23NO5S. The summed E-state index contributed by atoms with van der Waals surface area (Å²) in [5.74, 6) is -0.326. The predicted molar refractivity (Wildman–Crippen MR) is 70.2 cm³/mol. The minimum absolute atomic E-state index is 0.179. The summed E-state index contributed by atoms with van der Waals surface area (Å²) in [6.07, 6.45) is 1.75. The van der Waals surface area contributed by atoms with Crippen molar-refractivity contribution in [2.45, 2.75) is 19.4 Å². The van der Waals surface area contributed by atoms with Gasteiger partial charge in [0, 0.05) is 13.1 Å². The fourth-order valence-electron chi connectivity index (χ4n) is 1.49. The van der Waals surface area contributed by atoms with E-state index in [0.29, 0.717) is 19.7 Å². The molecule has 6 nitrogen and oxygen atoms in total. The quantitative estimate of drug-likeness (QED) is 0.318.